The lowest BCUT2D eigenvalue weighted by Crippen LogP contribution is -2.35. The Kier molecular flexibility index (Phi) is 5.16. The van der Waals surface area contributed by atoms with Gasteiger partial charge in [-0.05, 0) is 65.1 Å². The van der Waals surface area contributed by atoms with Gasteiger partial charge >= 0.3 is 0 Å². The van der Waals surface area contributed by atoms with Crippen LogP contribution < -0.4 is 4.90 Å². The number of nitrogens with zero attached hydrogens (tertiary/aromatic N) is 2. The second kappa shape index (κ2) is 8.26. The van der Waals surface area contributed by atoms with E-state index in [1.165, 1.54) is 5.56 Å². The molecule has 0 bridgehead atoms. The summed E-state index contributed by atoms with van der Waals surface area (Å²) in [6.07, 6.45) is 0.687. The van der Waals surface area contributed by atoms with Crippen molar-refractivity contribution in [2.24, 2.45) is 0 Å². The van der Waals surface area contributed by atoms with E-state index < -0.39 is 10.0 Å². The lowest BCUT2D eigenvalue weighted by Gasteiger charge is -2.28. The highest BCUT2D eigenvalue weighted by Gasteiger charge is 2.29. The van der Waals surface area contributed by atoms with E-state index in [-0.39, 0.29) is 0 Å². The lowest BCUT2D eigenvalue weighted by atomic mass is 9.95. The Morgan fingerprint density at radius 3 is 2.43 bits per heavy atom. The van der Waals surface area contributed by atoms with E-state index >= 15 is 0 Å². The minimum atomic E-state index is -3.63. The van der Waals surface area contributed by atoms with Crippen LogP contribution in [0.3, 0.4) is 0 Å². The van der Waals surface area contributed by atoms with Crippen LogP contribution in [0.1, 0.15) is 11.1 Å². The van der Waals surface area contributed by atoms with E-state index in [0.29, 0.717) is 30.0 Å². The third-order valence-electron chi connectivity index (χ3n) is 6.87. The van der Waals surface area contributed by atoms with Crippen LogP contribution in [0.4, 0.5) is 5.69 Å². The largest absolute Gasteiger partial charge is 0.456 e. The van der Waals surface area contributed by atoms with Gasteiger partial charge in [0.2, 0.25) is 10.0 Å². The first-order valence-electron chi connectivity index (χ1n) is 11.7. The second-order valence-corrected chi connectivity index (χ2v) is 11.2. The molecule has 0 atom stereocenters. The maximum atomic E-state index is 13.6. The van der Waals surface area contributed by atoms with E-state index in [4.69, 9.17) is 4.42 Å². The van der Waals surface area contributed by atoms with Crippen LogP contribution in [0.5, 0.6) is 0 Å². The standard InChI is InChI=1S/C29H26N2O3S/c1-30(2)24-7-5-6-20(17-24)21-10-11-23-19-31(15-14-22(23)16-21)35(32,33)25-12-13-29-27(18-25)26-8-3-4-9-28(26)34-29/h3-13,16-18H,14-15,19H2,1-2H3. The number of para-hydroxylation sites is 1. The van der Waals surface area contributed by atoms with Gasteiger partial charge in [0.05, 0.1) is 4.90 Å². The molecule has 1 aliphatic rings. The summed E-state index contributed by atoms with van der Waals surface area (Å²) in [6.45, 7) is 0.834. The fourth-order valence-electron chi connectivity index (χ4n) is 4.89. The van der Waals surface area contributed by atoms with Crippen molar-refractivity contribution in [2.75, 3.05) is 25.5 Å². The molecule has 4 aromatic carbocycles. The van der Waals surface area contributed by atoms with E-state index in [0.717, 1.165) is 38.7 Å². The molecular weight excluding hydrogens is 456 g/mol. The Morgan fingerprint density at radius 2 is 1.57 bits per heavy atom. The van der Waals surface area contributed by atoms with Crippen molar-refractivity contribution in [3.8, 4) is 11.1 Å². The molecule has 0 saturated heterocycles. The second-order valence-electron chi connectivity index (χ2n) is 9.27. The zero-order valence-electron chi connectivity index (χ0n) is 19.7. The summed E-state index contributed by atoms with van der Waals surface area (Å²) in [6, 6.07) is 27.7. The molecule has 2 heterocycles. The molecule has 0 aliphatic carbocycles. The summed E-state index contributed by atoms with van der Waals surface area (Å²) in [4.78, 5) is 2.39. The predicted octanol–water partition coefficient (Wildman–Crippen LogP) is 6.07. The number of benzene rings is 4. The van der Waals surface area contributed by atoms with E-state index in [9.17, 15) is 8.42 Å². The van der Waals surface area contributed by atoms with E-state index in [1.807, 2.05) is 38.4 Å². The maximum Gasteiger partial charge on any atom is 0.243 e. The van der Waals surface area contributed by atoms with Crippen molar-refractivity contribution in [1.29, 1.82) is 0 Å². The predicted molar refractivity (Wildman–Crippen MR) is 141 cm³/mol. The van der Waals surface area contributed by atoms with Gasteiger partial charge in [0.25, 0.3) is 0 Å². The Hall–Kier alpha value is -3.61. The molecular formula is C29H26N2O3S. The van der Waals surface area contributed by atoms with Crippen molar-refractivity contribution in [2.45, 2.75) is 17.9 Å². The van der Waals surface area contributed by atoms with Crippen molar-refractivity contribution in [3.63, 3.8) is 0 Å². The molecule has 1 aromatic heterocycles. The fraction of sp³-hybridized carbons (Fsp3) is 0.172. The van der Waals surface area contributed by atoms with Gasteiger partial charge in [-0.25, -0.2) is 8.42 Å². The number of furan rings is 1. The molecule has 1 aliphatic heterocycles. The van der Waals surface area contributed by atoms with Gasteiger partial charge in [-0.15, -0.1) is 0 Å². The third-order valence-corrected chi connectivity index (χ3v) is 8.71. The molecule has 0 fully saturated rings. The van der Waals surface area contributed by atoms with Gasteiger partial charge in [-0.1, -0.05) is 48.5 Å². The molecule has 0 amide bonds. The number of anilines is 1. The lowest BCUT2D eigenvalue weighted by molar-refractivity contribution is 0.391. The SMILES string of the molecule is CN(C)c1cccc(-c2ccc3c(c2)CCN(S(=O)(=O)c2ccc4oc5ccccc5c4c2)C3)c1. The number of sulfonamides is 1. The van der Waals surface area contributed by atoms with Crippen molar-refractivity contribution in [3.05, 3.63) is 96.1 Å². The van der Waals surface area contributed by atoms with Crippen molar-refractivity contribution >= 4 is 37.6 Å². The van der Waals surface area contributed by atoms with Gasteiger partial charge in [0, 0.05) is 43.6 Å². The summed E-state index contributed by atoms with van der Waals surface area (Å²) in [7, 11) is 0.437. The van der Waals surface area contributed by atoms with Gasteiger partial charge in [0.15, 0.2) is 0 Å². The van der Waals surface area contributed by atoms with Gasteiger partial charge in [-0.2, -0.15) is 4.31 Å². The fourth-order valence-corrected chi connectivity index (χ4v) is 6.34. The molecule has 0 saturated carbocycles. The van der Waals surface area contributed by atoms with Crippen LogP contribution in [0.2, 0.25) is 0 Å². The summed E-state index contributed by atoms with van der Waals surface area (Å²) >= 11 is 0. The van der Waals surface area contributed by atoms with Crippen LogP contribution >= 0.6 is 0 Å². The number of hydrogen-bond donors (Lipinski definition) is 0. The van der Waals surface area contributed by atoms with Crippen LogP contribution in [0, 0.1) is 0 Å². The molecule has 35 heavy (non-hydrogen) atoms. The normalized spacial score (nSPS) is 14.3. The number of fused-ring (bicyclic) bond motifs is 4. The molecule has 0 N–H and O–H groups in total. The highest BCUT2D eigenvalue weighted by Crippen LogP contribution is 2.33. The average Bonchev–Trinajstić information content (AvgIpc) is 3.26. The van der Waals surface area contributed by atoms with Crippen LogP contribution in [0.25, 0.3) is 33.1 Å². The van der Waals surface area contributed by atoms with Gasteiger partial charge in [-0.3, -0.25) is 0 Å². The average molecular weight is 483 g/mol. The van der Waals surface area contributed by atoms with Crippen LogP contribution in [-0.2, 0) is 23.0 Å². The Morgan fingerprint density at radius 1 is 0.771 bits per heavy atom. The summed E-state index contributed by atoms with van der Waals surface area (Å²) in [5.41, 5.74) is 7.19. The van der Waals surface area contributed by atoms with Crippen LogP contribution in [-0.4, -0.2) is 33.4 Å². The molecule has 0 spiro atoms. The van der Waals surface area contributed by atoms with E-state index in [2.05, 4.69) is 47.4 Å². The molecule has 0 unspecified atom stereocenters. The molecule has 0 radical (unpaired) electrons. The number of hydrogen-bond acceptors (Lipinski definition) is 4. The zero-order chi connectivity index (χ0) is 24.2. The highest BCUT2D eigenvalue weighted by molar-refractivity contribution is 7.89. The third kappa shape index (κ3) is 3.79. The monoisotopic (exact) mass is 482 g/mol. The van der Waals surface area contributed by atoms with Crippen LogP contribution in [0.15, 0.2) is 94.2 Å². The molecule has 6 rings (SSSR count). The minimum absolute atomic E-state index is 0.303. The first kappa shape index (κ1) is 21.9. The quantitative estimate of drug-likeness (QED) is 0.312. The summed E-state index contributed by atoms with van der Waals surface area (Å²) in [5, 5.41) is 1.75. The molecule has 5 aromatic rings. The van der Waals surface area contributed by atoms with Gasteiger partial charge in [0.1, 0.15) is 11.2 Å². The Bertz CT molecular complexity index is 1690. The van der Waals surface area contributed by atoms with Crippen molar-refractivity contribution < 1.29 is 12.8 Å². The molecule has 5 nitrogen and oxygen atoms in total. The summed E-state index contributed by atoms with van der Waals surface area (Å²) in [5.74, 6) is 0. The summed E-state index contributed by atoms with van der Waals surface area (Å²) < 4.78 is 34.6. The van der Waals surface area contributed by atoms with Crippen molar-refractivity contribution in [1.82, 2.24) is 4.31 Å². The minimum Gasteiger partial charge on any atom is -0.456 e. The first-order valence-corrected chi connectivity index (χ1v) is 13.2. The molecule has 6 heteroatoms. The first-order chi connectivity index (χ1) is 16.9. The topological polar surface area (TPSA) is 53.8 Å². The highest BCUT2D eigenvalue weighted by atomic mass is 32.2. The van der Waals surface area contributed by atoms with Gasteiger partial charge < -0.3 is 9.32 Å². The number of rotatable bonds is 4. The zero-order valence-corrected chi connectivity index (χ0v) is 20.5. The Labute approximate surface area is 205 Å². The smallest absolute Gasteiger partial charge is 0.243 e. The van der Waals surface area contributed by atoms with E-state index in [1.54, 1.807) is 22.5 Å². The Balaban J connectivity index is 1.30. The molecule has 176 valence electrons. The maximum absolute atomic E-state index is 13.6.